The molecule has 0 saturated carbocycles. The summed E-state index contributed by atoms with van der Waals surface area (Å²) in [5.74, 6) is -1.70. The van der Waals surface area contributed by atoms with Crippen molar-refractivity contribution in [2.24, 2.45) is 0 Å². The number of carboxylic acids is 1. The Morgan fingerprint density at radius 3 is 2.37 bits per heavy atom. The van der Waals surface area contributed by atoms with Crippen molar-refractivity contribution in [2.75, 3.05) is 11.9 Å². The van der Waals surface area contributed by atoms with Crippen molar-refractivity contribution in [1.29, 1.82) is 0 Å². The number of halogens is 1. The predicted molar refractivity (Wildman–Crippen MR) is 72.6 cm³/mol. The van der Waals surface area contributed by atoms with Gasteiger partial charge in [-0.05, 0) is 31.2 Å². The van der Waals surface area contributed by atoms with Gasteiger partial charge in [0.15, 0.2) is 0 Å². The summed E-state index contributed by atoms with van der Waals surface area (Å²) in [7, 11) is 1.65. The van der Waals surface area contributed by atoms with E-state index in [0.29, 0.717) is 0 Å². The van der Waals surface area contributed by atoms with Crippen molar-refractivity contribution in [1.82, 2.24) is 0 Å². The van der Waals surface area contributed by atoms with Crippen molar-refractivity contribution >= 4 is 17.3 Å². The number of para-hydroxylation sites is 1. The number of carboxylic acid groups (broad SMARTS) is 1. The number of benzene rings is 2. The van der Waals surface area contributed by atoms with Crippen LogP contribution in [0.15, 0.2) is 42.5 Å². The highest BCUT2D eigenvalue weighted by Gasteiger charge is 2.18. The summed E-state index contributed by atoms with van der Waals surface area (Å²) in [6, 6.07) is 11.5. The third-order valence-electron chi connectivity index (χ3n) is 2.97. The van der Waals surface area contributed by atoms with Crippen LogP contribution in [0.3, 0.4) is 0 Å². The molecule has 4 heteroatoms. The molecule has 3 nitrogen and oxygen atoms in total. The summed E-state index contributed by atoms with van der Waals surface area (Å²) in [6.45, 7) is 1.95. The molecule has 0 heterocycles. The summed E-state index contributed by atoms with van der Waals surface area (Å²) < 4.78 is 13.9. The standard InChI is InChI=1S/C15H14FNO2/c1-10-6-8-11(9-7-10)17(2)14-12(15(18)19)4-3-5-13(14)16/h3-9H,1-2H3,(H,18,19). The molecule has 0 bridgehead atoms. The minimum atomic E-state index is -1.14. The Balaban J connectivity index is 2.52. The number of carbonyl (C=O) groups is 1. The van der Waals surface area contributed by atoms with Crippen LogP contribution in [0.1, 0.15) is 15.9 Å². The maximum absolute atomic E-state index is 13.9. The molecule has 0 amide bonds. The molecule has 2 aromatic rings. The Morgan fingerprint density at radius 1 is 1.16 bits per heavy atom. The maximum atomic E-state index is 13.9. The molecule has 1 N–H and O–H groups in total. The van der Waals surface area contributed by atoms with Crippen LogP contribution in [0.4, 0.5) is 15.8 Å². The van der Waals surface area contributed by atoms with E-state index in [1.54, 1.807) is 7.05 Å². The zero-order valence-electron chi connectivity index (χ0n) is 10.7. The van der Waals surface area contributed by atoms with E-state index in [2.05, 4.69) is 0 Å². The summed E-state index contributed by atoms with van der Waals surface area (Å²) in [4.78, 5) is 12.7. The van der Waals surface area contributed by atoms with Crippen molar-refractivity contribution in [3.05, 3.63) is 59.4 Å². The molecule has 0 saturated heterocycles. The molecule has 98 valence electrons. The summed E-state index contributed by atoms with van der Waals surface area (Å²) in [5, 5.41) is 9.14. The van der Waals surface area contributed by atoms with E-state index in [1.165, 1.54) is 23.1 Å². The number of hydrogen-bond acceptors (Lipinski definition) is 2. The van der Waals surface area contributed by atoms with Crippen LogP contribution in [-0.2, 0) is 0 Å². The molecule has 0 aliphatic carbocycles. The second-order valence-corrected chi connectivity index (χ2v) is 4.34. The maximum Gasteiger partial charge on any atom is 0.337 e. The lowest BCUT2D eigenvalue weighted by Gasteiger charge is -2.22. The fourth-order valence-electron chi connectivity index (χ4n) is 1.93. The molecule has 0 spiro atoms. The van der Waals surface area contributed by atoms with Crippen LogP contribution in [0.25, 0.3) is 0 Å². The van der Waals surface area contributed by atoms with Crippen molar-refractivity contribution < 1.29 is 14.3 Å². The Bertz CT molecular complexity index is 608. The fourth-order valence-corrected chi connectivity index (χ4v) is 1.93. The van der Waals surface area contributed by atoms with E-state index < -0.39 is 11.8 Å². The van der Waals surface area contributed by atoms with E-state index in [4.69, 9.17) is 5.11 Å². The van der Waals surface area contributed by atoms with Crippen LogP contribution >= 0.6 is 0 Å². The molecular formula is C15H14FNO2. The van der Waals surface area contributed by atoms with E-state index in [1.807, 2.05) is 31.2 Å². The third-order valence-corrected chi connectivity index (χ3v) is 2.97. The van der Waals surface area contributed by atoms with Crippen molar-refractivity contribution in [3.63, 3.8) is 0 Å². The quantitative estimate of drug-likeness (QED) is 0.915. The second-order valence-electron chi connectivity index (χ2n) is 4.34. The van der Waals surface area contributed by atoms with Crippen LogP contribution in [0.2, 0.25) is 0 Å². The summed E-state index contributed by atoms with van der Waals surface area (Å²) in [5.41, 5.74) is 1.84. The molecule has 0 aromatic heterocycles. The molecule has 0 fully saturated rings. The Labute approximate surface area is 110 Å². The Kier molecular flexibility index (Phi) is 3.51. The lowest BCUT2D eigenvalue weighted by Crippen LogP contribution is -2.15. The molecule has 0 aliphatic heterocycles. The highest BCUT2D eigenvalue weighted by Crippen LogP contribution is 2.30. The van der Waals surface area contributed by atoms with Gasteiger partial charge in [0.25, 0.3) is 0 Å². The third kappa shape index (κ3) is 2.57. The lowest BCUT2D eigenvalue weighted by molar-refractivity contribution is 0.0697. The monoisotopic (exact) mass is 259 g/mol. The molecule has 0 unspecified atom stereocenters. The number of anilines is 2. The van der Waals surface area contributed by atoms with Crippen LogP contribution < -0.4 is 4.90 Å². The van der Waals surface area contributed by atoms with Gasteiger partial charge in [0.1, 0.15) is 5.82 Å². The first-order valence-corrected chi connectivity index (χ1v) is 5.83. The molecule has 0 radical (unpaired) electrons. The molecule has 2 rings (SSSR count). The number of aromatic carboxylic acids is 1. The molecule has 2 aromatic carbocycles. The molecule has 0 aliphatic rings. The summed E-state index contributed by atoms with van der Waals surface area (Å²) in [6.07, 6.45) is 0. The SMILES string of the molecule is Cc1ccc(N(C)c2c(F)cccc2C(=O)O)cc1. The number of rotatable bonds is 3. The van der Waals surface area contributed by atoms with Gasteiger partial charge in [-0.15, -0.1) is 0 Å². The smallest absolute Gasteiger partial charge is 0.337 e. The average Bonchev–Trinajstić information content (AvgIpc) is 2.38. The van der Waals surface area contributed by atoms with Crippen LogP contribution in [0.5, 0.6) is 0 Å². The number of nitrogens with zero attached hydrogens (tertiary/aromatic N) is 1. The first-order chi connectivity index (χ1) is 9.00. The zero-order chi connectivity index (χ0) is 14.0. The van der Waals surface area contributed by atoms with Gasteiger partial charge in [0.2, 0.25) is 0 Å². The number of hydrogen-bond donors (Lipinski definition) is 1. The highest BCUT2D eigenvalue weighted by atomic mass is 19.1. The van der Waals surface area contributed by atoms with Gasteiger partial charge >= 0.3 is 5.97 Å². The minimum Gasteiger partial charge on any atom is -0.478 e. The second kappa shape index (κ2) is 5.10. The van der Waals surface area contributed by atoms with Gasteiger partial charge < -0.3 is 10.0 Å². The zero-order valence-corrected chi connectivity index (χ0v) is 10.7. The van der Waals surface area contributed by atoms with Crippen molar-refractivity contribution in [3.8, 4) is 0 Å². The van der Waals surface area contributed by atoms with E-state index in [0.717, 1.165) is 11.3 Å². The van der Waals surface area contributed by atoms with Crippen LogP contribution in [-0.4, -0.2) is 18.1 Å². The average molecular weight is 259 g/mol. The molecular weight excluding hydrogens is 245 g/mol. The van der Waals surface area contributed by atoms with E-state index in [9.17, 15) is 9.18 Å². The fraction of sp³-hybridized carbons (Fsp3) is 0.133. The van der Waals surface area contributed by atoms with Gasteiger partial charge in [-0.25, -0.2) is 9.18 Å². The summed E-state index contributed by atoms with van der Waals surface area (Å²) >= 11 is 0. The van der Waals surface area contributed by atoms with E-state index in [-0.39, 0.29) is 11.3 Å². The molecule has 19 heavy (non-hydrogen) atoms. The van der Waals surface area contributed by atoms with Gasteiger partial charge in [-0.1, -0.05) is 23.8 Å². The van der Waals surface area contributed by atoms with Gasteiger partial charge in [-0.3, -0.25) is 0 Å². The van der Waals surface area contributed by atoms with Gasteiger partial charge in [0.05, 0.1) is 11.3 Å². The number of aryl methyl sites for hydroxylation is 1. The Hall–Kier alpha value is -2.36. The topological polar surface area (TPSA) is 40.5 Å². The predicted octanol–water partition coefficient (Wildman–Crippen LogP) is 3.60. The first kappa shape index (κ1) is 13.1. The van der Waals surface area contributed by atoms with Gasteiger partial charge in [-0.2, -0.15) is 0 Å². The van der Waals surface area contributed by atoms with Crippen molar-refractivity contribution in [2.45, 2.75) is 6.92 Å². The lowest BCUT2D eigenvalue weighted by atomic mass is 10.1. The molecule has 0 atom stereocenters. The highest BCUT2D eigenvalue weighted by molar-refractivity contribution is 5.95. The van der Waals surface area contributed by atoms with E-state index >= 15 is 0 Å². The van der Waals surface area contributed by atoms with Crippen LogP contribution in [0, 0.1) is 12.7 Å². The Morgan fingerprint density at radius 2 is 1.79 bits per heavy atom. The first-order valence-electron chi connectivity index (χ1n) is 5.83. The largest absolute Gasteiger partial charge is 0.478 e. The minimum absolute atomic E-state index is 0.0527. The van der Waals surface area contributed by atoms with Gasteiger partial charge in [0, 0.05) is 12.7 Å². The normalized spacial score (nSPS) is 10.3.